The first kappa shape index (κ1) is 14.8. The number of carbonyl (C=O) groups is 2. The number of carboxylic acids is 1. The molecule has 0 bridgehead atoms. The zero-order valence-electron chi connectivity index (χ0n) is 11.1. The summed E-state index contributed by atoms with van der Waals surface area (Å²) < 4.78 is 5.27. The average Bonchev–Trinajstić information content (AvgIpc) is 2.37. The molecule has 6 nitrogen and oxygen atoms in total. The smallest absolute Gasteiger partial charge is 0.319 e. The van der Waals surface area contributed by atoms with Crippen LogP contribution in [0, 0.1) is 0 Å². The van der Waals surface area contributed by atoms with E-state index >= 15 is 0 Å². The Balaban J connectivity index is 2.35. The van der Waals surface area contributed by atoms with Crippen molar-refractivity contribution in [3.05, 3.63) is 0 Å². The summed E-state index contributed by atoms with van der Waals surface area (Å²) in [5.74, 6) is -0.826. The summed E-state index contributed by atoms with van der Waals surface area (Å²) >= 11 is 0. The third-order valence-electron chi connectivity index (χ3n) is 3.19. The molecule has 1 rings (SSSR count). The van der Waals surface area contributed by atoms with Crippen LogP contribution in [0.1, 0.15) is 25.7 Å². The van der Waals surface area contributed by atoms with Gasteiger partial charge in [0.05, 0.1) is 6.10 Å². The zero-order chi connectivity index (χ0) is 13.5. The minimum absolute atomic E-state index is 0.0397. The molecule has 1 aliphatic rings. The van der Waals surface area contributed by atoms with Crippen molar-refractivity contribution in [3.63, 3.8) is 0 Å². The summed E-state index contributed by atoms with van der Waals surface area (Å²) in [6, 6.07) is -0.0397. The molecule has 1 atom stereocenters. The number of methoxy groups -OCH3 is 1. The van der Waals surface area contributed by atoms with E-state index in [9.17, 15) is 9.59 Å². The fourth-order valence-electron chi connectivity index (χ4n) is 2.11. The number of aliphatic carboxylic acids is 1. The third kappa shape index (κ3) is 4.52. The Morgan fingerprint density at radius 2 is 2.22 bits per heavy atom. The molecule has 104 valence electrons. The van der Waals surface area contributed by atoms with Crippen molar-refractivity contribution in [1.82, 2.24) is 9.80 Å². The molecule has 0 aromatic carbocycles. The summed E-state index contributed by atoms with van der Waals surface area (Å²) in [5, 5.41) is 8.55. The Morgan fingerprint density at radius 3 is 2.83 bits per heavy atom. The number of ether oxygens (including phenoxy) is 1. The molecular formula is C12H22N2O4. The number of nitrogens with zero attached hydrogens (tertiary/aromatic N) is 2. The Labute approximate surface area is 107 Å². The van der Waals surface area contributed by atoms with Crippen molar-refractivity contribution in [3.8, 4) is 0 Å². The van der Waals surface area contributed by atoms with Gasteiger partial charge in [-0.15, -0.1) is 0 Å². The molecule has 2 amide bonds. The molecule has 1 aliphatic heterocycles. The number of hydrogen-bond acceptors (Lipinski definition) is 3. The topological polar surface area (TPSA) is 70.1 Å². The highest BCUT2D eigenvalue weighted by Crippen LogP contribution is 2.14. The first-order chi connectivity index (χ1) is 8.54. The molecule has 1 saturated heterocycles. The molecule has 18 heavy (non-hydrogen) atoms. The van der Waals surface area contributed by atoms with Gasteiger partial charge in [-0.25, -0.2) is 4.79 Å². The lowest BCUT2D eigenvalue weighted by molar-refractivity contribution is -0.137. The van der Waals surface area contributed by atoms with Gasteiger partial charge in [0.15, 0.2) is 0 Å². The van der Waals surface area contributed by atoms with Gasteiger partial charge in [0.1, 0.15) is 0 Å². The van der Waals surface area contributed by atoms with Gasteiger partial charge in [-0.05, 0) is 19.3 Å². The average molecular weight is 258 g/mol. The maximum absolute atomic E-state index is 12.1. The van der Waals surface area contributed by atoms with E-state index in [1.54, 1.807) is 24.0 Å². The maximum Gasteiger partial charge on any atom is 0.319 e. The van der Waals surface area contributed by atoms with Crippen LogP contribution in [0.15, 0.2) is 0 Å². The number of carboxylic acid groups (broad SMARTS) is 1. The van der Waals surface area contributed by atoms with E-state index in [4.69, 9.17) is 9.84 Å². The van der Waals surface area contributed by atoms with Gasteiger partial charge in [-0.1, -0.05) is 0 Å². The quantitative estimate of drug-likeness (QED) is 0.799. The molecule has 1 N–H and O–H groups in total. The van der Waals surface area contributed by atoms with E-state index in [1.807, 2.05) is 0 Å². The highest BCUT2D eigenvalue weighted by molar-refractivity contribution is 5.74. The van der Waals surface area contributed by atoms with Crippen LogP contribution in [-0.2, 0) is 9.53 Å². The summed E-state index contributed by atoms with van der Waals surface area (Å²) in [7, 11) is 3.37. The molecule has 0 spiro atoms. The second-order valence-electron chi connectivity index (χ2n) is 4.65. The van der Waals surface area contributed by atoms with Crippen LogP contribution >= 0.6 is 0 Å². The predicted octanol–water partition coefficient (Wildman–Crippen LogP) is 1.01. The zero-order valence-corrected chi connectivity index (χ0v) is 11.1. The summed E-state index contributed by atoms with van der Waals surface area (Å²) in [6.45, 7) is 1.85. The van der Waals surface area contributed by atoms with Gasteiger partial charge in [0.25, 0.3) is 0 Å². The Kier molecular flexibility index (Phi) is 5.91. The van der Waals surface area contributed by atoms with Crippen LogP contribution in [0.2, 0.25) is 0 Å². The van der Waals surface area contributed by atoms with Crippen LogP contribution in [0.3, 0.4) is 0 Å². The second kappa shape index (κ2) is 7.20. The largest absolute Gasteiger partial charge is 0.481 e. The molecule has 0 aromatic rings. The van der Waals surface area contributed by atoms with Crippen LogP contribution in [0.4, 0.5) is 4.79 Å². The second-order valence-corrected chi connectivity index (χ2v) is 4.65. The first-order valence-corrected chi connectivity index (χ1v) is 6.29. The predicted molar refractivity (Wildman–Crippen MR) is 66.5 cm³/mol. The molecular weight excluding hydrogens is 236 g/mol. The number of carbonyl (C=O) groups excluding carboxylic acids is 1. The molecule has 0 saturated carbocycles. The number of urea groups is 1. The van der Waals surface area contributed by atoms with Gasteiger partial charge < -0.3 is 19.6 Å². The fraction of sp³-hybridized carbons (Fsp3) is 0.833. The fourth-order valence-corrected chi connectivity index (χ4v) is 2.11. The summed E-state index contributed by atoms with van der Waals surface area (Å²) in [4.78, 5) is 25.8. The van der Waals surface area contributed by atoms with E-state index in [1.165, 1.54) is 0 Å². The molecule has 1 unspecified atom stereocenters. The lowest BCUT2D eigenvalue weighted by Crippen LogP contribution is -2.48. The molecule has 1 fully saturated rings. The Morgan fingerprint density at radius 1 is 1.50 bits per heavy atom. The SMILES string of the molecule is COC1CCCN(C(=O)N(C)CCCC(=O)O)C1. The van der Waals surface area contributed by atoms with E-state index < -0.39 is 5.97 Å². The number of piperidine rings is 1. The number of hydrogen-bond donors (Lipinski definition) is 1. The lowest BCUT2D eigenvalue weighted by Gasteiger charge is -2.34. The highest BCUT2D eigenvalue weighted by atomic mass is 16.5. The normalized spacial score (nSPS) is 19.7. The molecule has 6 heteroatoms. The van der Waals surface area contributed by atoms with E-state index in [-0.39, 0.29) is 18.6 Å². The number of likely N-dealkylation sites (tertiary alicyclic amines) is 1. The minimum Gasteiger partial charge on any atom is -0.481 e. The standard InChI is InChI=1S/C12H22N2O4/c1-13(7-4-6-11(15)16)12(17)14-8-3-5-10(9-14)18-2/h10H,3-9H2,1-2H3,(H,15,16). The molecule has 1 heterocycles. The third-order valence-corrected chi connectivity index (χ3v) is 3.19. The van der Waals surface area contributed by atoms with Gasteiger partial charge in [0, 0.05) is 40.2 Å². The van der Waals surface area contributed by atoms with Crippen LogP contribution in [0.25, 0.3) is 0 Å². The van der Waals surface area contributed by atoms with Crippen LogP contribution in [0.5, 0.6) is 0 Å². The Hall–Kier alpha value is -1.30. The van der Waals surface area contributed by atoms with Crippen molar-refractivity contribution in [2.75, 3.05) is 33.8 Å². The molecule has 0 aliphatic carbocycles. The lowest BCUT2D eigenvalue weighted by atomic mass is 10.1. The Bertz CT molecular complexity index is 296. The summed E-state index contributed by atoms with van der Waals surface area (Å²) in [5.41, 5.74) is 0. The van der Waals surface area contributed by atoms with Crippen molar-refractivity contribution in [2.24, 2.45) is 0 Å². The van der Waals surface area contributed by atoms with Crippen molar-refractivity contribution >= 4 is 12.0 Å². The van der Waals surface area contributed by atoms with E-state index in [0.717, 1.165) is 19.4 Å². The first-order valence-electron chi connectivity index (χ1n) is 6.29. The van der Waals surface area contributed by atoms with Gasteiger partial charge in [-0.3, -0.25) is 4.79 Å². The summed E-state index contributed by atoms with van der Waals surface area (Å²) in [6.07, 6.45) is 2.64. The van der Waals surface area contributed by atoms with Gasteiger partial charge in [-0.2, -0.15) is 0 Å². The van der Waals surface area contributed by atoms with Crippen molar-refractivity contribution in [1.29, 1.82) is 0 Å². The maximum atomic E-state index is 12.1. The number of rotatable bonds is 5. The number of amides is 2. The van der Waals surface area contributed by atoms with E-state index in [0.29, 0.717) is 19.5 Å². The van der Waals surface area contributed by atoms with Crippen molar-refractivity contribution in [2.45, 2.75) is 31.8 Å². The monoisotopic (exact) mass is 258 g/mol. The molecule has 0 aromatic heterocycles. The van der Waals surface area contributed by atoms with Gasteiger partial charge in [0.2, 0.25) is 0 Å². The highest BCUT2D eigenvalue weighted by Gasteiger charge is 2.25. The molecule has 0 radical (unpaired) electrons. The van der Waals surface area contributed by atoms with Crippen molar-refractivity contribution < 1.29 is 19.4 Å². The van der Waals surface area contributed by atoms with E-state index in [2.05, 4.69) is 0 Å². The van der Waals surface area contributed by atoms with Gasteiger partial charge >= 0.3 is 12.0 Å². The van der Waals surface area contributed by atoms with Crippen LogP contribution < -0.4 is 0 Å². The minimum atomic E-state index is -0.826. The van der Waals surface area contributed by atoms with Crippen LogP contribution in [-0.4, -0.2) is 66.8 Å².